The Labute approximate surface area is 143 Å². The zero-order chi connectivity index (χ0) is 16.6. The molecular weight excluding hydrogens is 358 g/mol. The Kier molecular flexibility index (Phi) is 4.39. The number of benzene rings is 1. The number of hydrogen-bond donors (Lipinski definition) is 1. The number of hydrogen-bond acceptors (Lipinski definition) is 4. The van der Waals surface area contributed by atoms with Gasteiger partial charge in [0.25, 0.3) is 0 Å². The number of allylic oxidation sites excluding steroid dienone is 3. The van der Waals surface area contributed by atoms with Crippen LogP contribution in [0.2, 0.25) is 0 Å². The molecule has 4 nitrogen and oxygen atoms in total. The molecule has 1 aromatic rings. The van der Waals surface area contributed by atoms with Crippen LogP contribution in [0, 0.1) is 0 Å². The molecule has 1 N–H and O–H groups in total. The van der Waals surface area contributed by atoms with Crippen LogP contribution in [0.5, 0.6) is 0 Å². The predicted octanol–water partition coefficient (Wildman–Crippen LogP) is 3.59. The molecule has 1 heterocycles. The second-order valence-electron chi connectivity index (χ2n) is 5.81. The van der Waals surface area contributed by atoms with Crippen molar-refractivity contribution in [3.8, 4) is 0 Å². The highest BCUT2D eigenvalue weighted by Gasteiger charge is 2.38. The summed E-state index contributed by atoms with van der Waals surface area (Å²) in [7, 11) is 1.37. The first kappa shape index (κ1) is 16.0. The molecular formula is C18H18BrNO3. The van der Waals surface area contributed by atoms with Crippen molar-refractivity contribution in [1.82, 2.24) is 5.32 Å². The van der Waals surface area contributed by atoms with Gasteiger partial charge in [0.05, 0.1) is 12.7 Å². The van der Waals surface area contributed by atoms with Crippen LogP contribution < -0.4 is 5.32 Å². The minimum Gasteiger partial charge on any atom is -0.466 e. The molecule has 0 aromatic heterocycles. The van der Waals surface area contributed by atoms with E-state index in [0.717, 1.165) is 34.3 Å². The van der Waals surface area contributed by atoms with Gasteiger partial charge in [0.1, 0.15) is 0 Å². The Morgan fingerprint density at radius 1 is 1.35 bits per heavy atom. The summed E-state index contributed by atoms with van der Waals surface area (Å²) in [5, 5.41) is 3.25. The molecule has 23 heavy (non-hydrogen) atoms. The van der Waals surface area contributed by atoms with Crippen LogP contribution >= 0.6 is 15.9 Å². The molecule has 2 aliphatic rings. The fourth-order valence-electron chi connectivity index (χ4n) is 3.38. The number of dihydropyridines is 1. The predicted molar refractivity (Wildman–Crippen MR) is 90.6 cm³/mol. The summed E-state index contributed by atoms with van der Waals surface area (Å²) >= 11 is 3.47. The molecule has 0 spiro atoms. The highest BCUT2D eigenvalue weighted by atomic mass is 79.9. The third kappa shape index (κ3) is 2.85. The lowest BCUT2D eigenvalue weighted by Gasteiger charge is -2.34. The molecule has 1 aliphatic carbocycles. The van der Waals surface area contributed by atoms with E-state index in [1.807, 2.05) is 31.2 Å². The van der Waals surface area contributed by atoms with Crippen molar-refractivity contribution >= 4 is 27.7 Å². The lowest BCUT2D eigenvalue weighted by atomic mass is 9.75. The lowest BCUT2D eigenvalue weighted by molar-refractivity contribution is -0.136. The summed E-state index contributed by atoms with van der Waals surface area (Å²) in [6, 6.07) is 7.75. The number of rotatable bonds is 2. The summed E-state index contributed by atoms with van der Waals surface area (Å²) in [5.41, 5.74) is 3.84. The normalized spacial score (nSPS) is 21.0. The number of halogens is 1. The average molecular weight is 376 g/mol. The lowest BCUT2D eigenvalue weighted by Crippen LogP contribution is -2.34. The van der Waals surface area contributed by atoms with Crippen LogP contribution in [-0.2, 0) is 14.3 Å². The number of Topliss-reactive ketones (excluding diaryl/α,β-unsaturated/α-hetero) is 1. The van der Waals surface area contributed by atoms with Crippen molar-refractivity contribution in [1.29, 1.82) is 0 Å². The molecule has 3 rings (SSSR count). The van der Waals surface area contributed by atoms with Gasteiger partial charge in [-0.25, -0.2) is 4.79 Å². The van der Waals surface area contributed by atoms with E-state index < -0.39 is 5.97 Å². The molecule has 1 atom stereocenters. The largest absolute Gasteiger partial charge is 0.466 e. The molecule has 0 amide bonds. The van der Waals surface area contributed by atoms with Gasteiger partial charge in [-0.3, -0.25) is 4.79 Å². The number of esters is 1. The molecule has 0 radical (unpaired) electrons. The van der Waals surface area contributed by atoms with Gasteiger partial charge >= 0.3 is 5.97 Å². The first-order valence-electron chi connectivity index (χ1n) is 7.60. The van der Waals surface area contributed by atoms with Crippen LogP contribution in [0.3, 0.4) is 0 Å². The Bertz CT molecular complexity index is 748. The van der Waals surface area contributed by atoms with Gasteiger partial charge in [-0.2, -0.15) is 0 Å². The molecule has 1 aromatic carbocycles. The molecule has 5 heteroatoms. The van der Waals surface area contributed by atoms with Crippen molar-refractivity contribution in [2.75, 3.05) is 7.11 Å². The number of carbonyl (C=O) groups is 2. The average Bonchev–Trinajstić information content (AvgIpc) is 2.53. The summed E-state index contributed by atoms with van der Waals surface area (Å²) < 4.78 is 5.89. The standard InChI is InChI=1S/C18H18BrNO3/c1-10-15(18(22)23-2)16(11-5-3-6-12(19)9-11)17-13(20-10)7-4-8-14(17)21/h3,5-6,9,16,20H,4,7-8H2,1-2H3. The number of ketones is 1. The summed E-state index contributed by atoms with van der Waals surface area (Å²) in [6.07, 6.45) is 2.20. The fourth-order valence-corrected chi connectivity index (χ4v) is 3.80. The van der Waals surface area contributed by atoms with E-state index in [9.17, 15) is 9.59 Å². The zero-order valence-electron chi connectivity index (χ0n) is 13.1. The first-order valence-corrected chi connectivity index (χ1v) is 8.40. The second-order valence-corrected chi connectivity index (χ2v) is 6.73. The Balaban J connectivity index is 2.20. The zero-order valence-corrected chi connectivity index (χ0v) is 14.7. The maximum absolute atomic E-state index is 12.6. The molecule has 1 unspecified atom stereocenters. The van der Waals surface area contributed by atoms with E-state index in [4.69, 9.17) is 4.74 Å². The van der Waals surface area contributed by atoms with Crippen molar-refractivity contribution in [2.45, 2.75) is 32.1 Å². The summed E-state index contributed by atoms with van der Waals surface area (Å²) in [4.78, 5) is 24.9. The topological polar surface area (TPSA) is 55.4 Å². The van der Waals surface area contributed by atoms with E-state index in [2.05, 4.69) is 21.2 Å². The van der Waals surface area contributed by atoms with Gasteiger partial charge in [0.15, 0.2) is 5.78 Å². The van der Waals surface area contributed by atoms with E-state index >= 15 is 0 Å². The van der Waals surface area contributed by atoms with Crippen LogP contribution in [0.15, 0.2) is 51.3 Å². The van der Waals surface area contributed by atoms with Crippen LogP contribution in [0.1, 0.15) is 37.7 Å². The van der Waals surface area contributed by atoms with Gasteiger partial charge in [-0.15, -0.1) is 0 Å². The molecule has 1 aliphatic heterocycles. The Morgan fingerprint density at radius 3 is 2.83 bits per heavy atom. The van der Waals surface area contributed by atoms with E-state index in [0.29, 0.717) is 17.6 Å². The molecule has 0 bridgehead atoms. The van der Waals surface area contributed by atoms with Gasteiger partial charge in [-0.1, -0.05) is 28.1 Å². The minimum absolute atomic E-state index is 0.109. The highest BCUT2D eigenvalue weighted by molar-refractivity contribution is 9.10. The van der Waals surface area contributed by atoms with Gasteiger partial charge in [0, 0.05) is 33.8 Å². The summed E-state index contributed by atoms with van der Waals surface area (Å²) in [5.74, 6) is -0.661. The Morgan fingerprint density at radius 2 is 2.13 bits per heavy atom. The number of nitrogens with one attached hydrogen (secondary N) is 1. The van der Waals surface area contributed by atoms with E-state index in [1.165, 1.54) is 7.11 Å². The third-order valence-corrected chi connectivity index (χ3v) is 4.86. The Hall–Kier alpha value is -1.88. The van der Waals surface area contributed by atoms with E-state index in [1.54, 1.807) is 0 Å². The number of carbonyl (C=O) groups excluding carboxylic acids is 2. The van der Waals surface area contributed by atoms with Crippen LogP contribution in [-0.4, -0.2) is 18.9 Å². The number of ether oxygens (including phenoxy) is 1. The third-order valence-electron chi connectivity index (χ3n) is 4.36. The fraction of sp³-hybridized carbons (Fsp3) is 0.333. The maximum Gasteiger partial charge on any atom is 0.336 e. The van der Waals surface area contributed by atoms with Gasteiger partial charge < -0.3 is 10.1 Å². The van der Waals surface area contributed by atoms with Crippen LogP contribution in [0.4, 0.5) is 0 Å². The summed E-state index contributed by atoms with van der Waals surface area (Å²) in [6.45, 7) is 1.86. The van der Waals surface area contributed by atoms with Gasteiger partial charge in [0.2, 0.25) is 0 Å². The monoisotopic (exact) mass is 375 g/mol. The van der Waals surface area contributed by atoms with Crippen molar-refractivity contribution in [2.24, 2.45) is 0 Å². The quantitative estimate of drug-likeness (QED) is 0.802. The van der Waals surface area contributed by atoms with Crippen molar-refractivity contribution < 1.29 is 14.3 Å². The smallest absolute Gasteiger partial charge is 0.336 e. The van der Waals surface area contributed by atoms with Crippen LogP contribution in [0.25, 0.3) is 0 Å². The van der Waals surface area contributed by atoms with E-state index in [-0.39, 0.29) is 11.7 Å². The van der Waals surface area contributed by atoms with Crippen molar-refractivity contribution in [3.63, 3.8) is 0 Å². The van der Waals surface area contributed by atoms with Crippen molar-refractivity contribution in [3.05, 3.63) is 56.8 Å². The molecule has 0 saturated heterocycles. The SMILES string of the molecule is COC(=O)C1=C(C)NC2=C(C(=O)CCC2)C1c1cccc(Br)c1. The molecule has 0 fully saturated rings. The highest BCUT2D eigenvalue weighted by Crippen LogP contribution is 2.42. The minimum atomic E-state index is -0.398. The molecule has 0 saturated carbocycles. The second kappa shape index (κ2) is 6.32. The van der Waals surface area contributed by atoms with Gasteiger partial charge in [-0.05, 0) is 37.5 Å². The number of methoxy groups -OCH3 is 1. The maximum atomic E-state index is 12.6. The first-order chi connectivity index (χ1) is 11.0. The molecule has 120 valence electrons.